The van der Waals surface area contributed by atoms with Gasteiger partial charge < -0.3 is 14.8 Å². The van der Waals surface area contributed by atoms with Crippen LogP contribution in [0.15, 0.2) is 24.4 Å². The van der Waals surface area contributed by atoms with E-state index in [-0.39, 0.29) is 12.5 Å². The van der Waals surface area contributed by atoms with Gasteiger partial charge in [-0.3, -0.25) is 14.8 Å². The molecule has 0 aliphatic carbocycles. The van der Waals surface area contributed by atoms with Gasteiger partial charge in [0.2, 0.25) is 6.79 Å². The van der Waals surface area contributed by atoms with Gasteiger partial charge in [-0.25, -0.2) is 0 Å². The van der Waals surface area contributed by atoms with E-state index in [1.54, 1.807) is 12.3 Å². The Hall–Kier alpha value is -2.77. The number of anilines is 1. The summed E-state index contributed by atoms with van der Waals surface area (Å²) in [6.45, 7) is 3.25. The molecule has 21 heavy (non-hydrogen) atoms. The second-order valence-electron chi connectivity index (χ2n) is 4.47. The van der Waals surface area contributed by atoms with Crippen molar-refractivity contribution < 1.29 is 14.4 Å². The fraction of sp³-hybridized carbons (Fsp3) is 0.308. The topological polar surface area (TPSA) is 91.5 Å². The van der Waals surface area contributed by atoms with Gasteiger partial charge in [0.25, 0.3) is 5.69 Å². The molecule has 0 bridgehead atoms. The summed E-state index contributed by atoms with van der Waals surface area (Å²) in [6.07, 6.45) is 1.70. The molecule has 1 aliphatic rings. The number of nitrogens with zero attached hydrogens (tertiary/aromatic N) is 3. The lowest BCUT2D eigenvalue weighted by molar-refractivity contribution is -0.384. The Bertz CT molecular complexity index is 683. The number of hydrogen-bond donors (Lipinski definition) is 1. The maximum absolute atomic E-state index is 11.2. The molecule has 2 aromatic rings. The smallest absolute Gasteiger partial charge is 0.296 e. The van der Waals surface area contributed by atoms with Crippen LogP contribution in [0.1, 0.15) is 12.6 Å². The van der Waals surface area contributed by atoms with Crippen molar-refractivity contribution in [3.8, 4) is 11.5 Å². The van der Waals surface area contributed by atoms with E-state index in [1.165, 1.54) is 6.07 Å². The largest absolute Gasteiger partial charge is 0.454 e. The van der Waals surface area contributed by atoms with Gasteiger partial charge in [0.05, 0.1) is 23.2 Å². The highest BCUT2D eigenvalue weighted by Crippen LogP contribution is 2.40. The molecule has 0 atom stereocenters. The number of ether oxygens (including phenoxy) is 2. The standard InChI is InChI=1S/C13H14N4O4/c1-2-16-9(3-4-15-16)7-14-10-5-12-13(21-8-20-12)6-11(10)17(18)19/h3-6,14H,2,7-8H2,1H3. The molecule has 1 aliphatic heterocycles. The highest BCUT2D eigenvalue weighted by Gasteiger charge is 2.23. The van der Waals surface area contributed by atoms with Gasteiger partial charge in [0.15, 0.2) is 11.5 Å². The van der Waals surface area contributed by atoms with Crippen LogP contribution in [0, 0.1) is 10.1 Å². The van der Waals surface area contributed by atoms with Crippen LogP contribution in [-0.2, 0) is 13.1 Å². The third-order valence-electron chi connectivity index (χ3n) is 3.25. The van der Waals surface area contributed by atoms with Crippen LogP contribution in [-0.4, -0.2) is 21.5 Å². The molecule has 1 aromatic carbocycles. The summed E-state index contributed by atoms with van der Waals surface area (Å²) < 4.78 is 12.2. The average molecular weight is 290 g/mol. The second kappa shape index (κ2) is 5.31. The molecule has 8 heteroatoms. The van der Waals surface area contributed by atoms with Crippen LogP contribution >= 0.6 is 0 Å². The Morgan fingerprint density at radius 3 is 2.90 bits per heavy atom. The zero-order valence-electron chi connectivity index (χ0n) is 11.4. The minimum absolute atomic E-state index is 0.0400. The van der Waals surface area contributed by atoms with E-state index in [0.717, 1.165) is 12.2 Å². The summed E-state index contributed by atoms with van der Waals surface area (Å²) in [4.78, 5) is 10.7. The SMILES string of the molecule is CCn1nccc1CNc1cc2c(cc1[N+](=O)[O-])OCO2. The number of fused-ring (bicyclic) bond motifs is 1. The molecule has 3 rings (SSSR count). The number of hydrogen-bond acceptors (Lipinski definition) is 6. The monoisotopic (exact) mass is 290 g/mol. The van der Waals surface area contributed by atoms with Gasteiger partial charge in [-0.2, -0.15) is 5.10 Å². The van der Waals surface area contributed by atoms with Gasteiger partial charge in [-0.05, 0) is 13.0 Å². The molecule has 0 unspecified atom stereocenters. The summed E-state index contributed by atoms with van der Waals surface area (Å²) in [7, 11) is 0. The molecule has 110 valence electrons. The molecule has 0 saturated heterocycles. The lowest BCUT2D eigenvalue weighted by atomic mass is 10.2. The number of aromatic nitrogens is 2. The Morgan fingerprint density at radius 1 is 1.43 bits per heavy atom. The van der Waals surface area contributed by atoms with Crippen LogP contribution in [0.2, 0.25) is 0 Å². The summed E-state index contributed by atoms with van der Waals surface area (Å²) in [5.74, 6) is 0.901. The molecule has 0 fully saturated rings. The zero-order chi connectivity index (χ0) is 14.8. The van der Waals surface area contributed by atoms with E-state index in [0.29, 0.717) is 23.7 Å². The number of nitro groups is 1. The quantitative estimate of drug-likeness (QED) is 0.670. The Morgan fingerprint density at radius 2 is 2.19 bits per heavy atom. The molecule has 1 N–H and O–H groups in total. The predicted octanol–water partition coefficient (Wildman–Crippen LogP) is 2.15. The first-order valence-corrected chi connectivity index (χ1v) is 6.51. The Labute approximate surface area is 120 Å². The highest BCUT2D eigenvalue weighted by atomic mass is 16.7. The van der Waals surface area contributed by atoms with E-state index in [4.69, 9.17) is 9.47 Å². The molecule has 0 amide bonds. The van der Waals surface area contributed by atoms with Crippen molar-refractivity contribution in [1.29, 1.82) is 0 Å². The first-order valence-electron chi connectivity index (χ1n) is 6.51. The van der Waals surface area contributed by atoms with E-state index in [9.17, 15) is 10.1 Å². The van der Waals surface area contributed by atoms with Crippen LogP contribution < -0.4 is 14.8 Å². The van der Waals surface area contributed by atoms with E-state index in [2.05, 4.69) is 10.4 Å². The van der Waals surface area contributed by atoms with Crippen LogP contribution in [0.4, 0.5) is 11.4 Å². The lowest BCUT2D eigenvalue weighted by Gasteiger charge is -2.09. The van der Waals surface area contributed by atoms with E-state index < -0.39 is 4.92 Å². The van der Waals surface area contributed by atoms with Crippen molar-refractivity contribution >= 4 is 11.4 Å². The molecule has 0 radical (unpaired) electrons. The second-order valence-corrected chi connectivity index (χ2v) is 4.47. The van der Waals surface area contributed by atoms with Gasteiger partial charge in [-0.1, -0.05) is 0 Å². The fourth-order valence-corrected chi connectivity index (χ4v) is 2.20. The minimum atomic E-state index is -0.443. The van der Waals surface area contributed by atoms with Crippen molar-refractivity contribution in [3.05, 3.63) is 40.2 Å². The Balaban J connectivity index is 1.86. The molecular weight excluding hydrogens is 276 g/mol. The van der Waals surface area contributed by atoms with Crippen molar-refractivity contribution in [2.24, 2.45) is 0 Å². The Kier molecular flexibility index (Phi) is 3.35. The average Bonchev–Trinajstić information content (AvgIpc) is 3.11. The van der Waals surface area contributed by atoms with Crippen molar-refractivity contribution in [3.63, 3.8) is 0 Å². The molecule has 2 heterocycles. The molecule has 0 spiro atoms. The van der Waals surface area contributed by atoms with E-state index in [1.807, 2.05) is 17.7 Å². The van der Waals surface area contributed by atoms with Crippen LogP contribution in [0.25, 0.3) is 0 Å². The van der Waals surface area contributed by atoms with Gasteiger partial charge in [-0.15, -0.1) is 0 Å². The summed E-state index contributed by atoms with van der Waals surface area (Å²) >= 11 is 0. The maximum atomic E-state index is 11.2. The zero-order valence-corrected chi connectivity index (χ0v) is 11.4. The van der Waals surface area contributed by atoms with Gasteiger partial charge >= 0.3 is 0 Å². The molecular formula is C13H14N4O4. The number of rotatable bonds is 5. The third-order valence-corrected chi connectivity index (χ3v) is 3.25. The third kappa shape index (κ3) is 2.47. The number of benzene rings is 1. The van der Waals surface area contributed by atoms with Gasteiger partial charge in [0, 0.05) is 18.8 Å². The van der Waals surface area contributed by atoms with Gasteiger partial charge in [0.1, 0.15) is 5.69 Å². The first-order chi connectivity index (χ1) is 10.2. The summed E-state index contributed by atoms with van der Waals surface area (Å²) in [5.41, 5.74) is 1.30. The predicted molar refractivity (Wildman–Crippen MR) is 74.4 cm³/mol. The number of nitro benzene ring substituents is 1. The van der Waals surface area contributed by atoms with Crippen LogP contribution in [0.3, 0.4) is 0 Å². The molecule has 0 saturated carbocycles. The fourth-order valence-electron chi connectivity index (χ4n) is 2.20. The van der Waals surface area contributed by atoms with E-state index >= 15 is 0 Å². The normalized spacial score (nSPS) is 12.4. The number of aryl methyl sites for hydroxylation is 1. The lowest BCUT2D eigenvalue weighted by Crippen LogP contribution is -2.08. The summed E-state index contributed by atoms with van der Waals surface area (Å²) in [6, 6.07) is 4.84. The van der Waals surface area contributed by atoms with Crippen LogP contribution in [0.5, 0.6) is 11.5 Å². The minimum Gasteiger partial charge on any atom is -0.454 e. The molecule has 8 nitrogen and oxygen atoms in total. The molecule has 1 aromatic heterocycles. The highest BCUT2D eigenvalue weighted by molar-refractivity contribution is 5.68. The summed E-state index contributed by atoms with van der Waals surface area (Å²) in [5, 5.41) is 18.4. The van der Waals surface area contributed by atoms with Crippen molar-refractivity contribution in [2.75, 3.05) is 12.1 Å². The maximum Gasteiger partial charge on any atom is 0.296 e. The van der Waals surface area contributed by atoms with Crippen molar-refractivity contribution in [2.45, 2.75) is 20.0 Å². The number of nitrogens with one attached hydrogen (secondary N) is 1. The first kappa shape index (κ1) is 13.2. The van der Waals surface area contributed by atoms with Crippen molar-refractivity contribution in [1.82, 2.24) is 9.78 Å².